The fourth-order valence-corrected chi connectivity index (χ4v) is 3.34. The van der Waals surface area contributed by atoms with Crippen molar-refractivity contribution in [3.05, 3.63) is 0 Å². The smallest absolute Gasteiger partial charge is 0.324 e. The van der Waals surface area contributed by atoms with Crippen molar-refractivity contribution in [2.75, 3.05) is 13.1 Å². The maximum atomic E-state index is 11.8. The van der Waals surface area contributed by atoms with E-state index >= 15 is 0 Å². The summed E-state index contributed by atoms with van der Waals surface area (Å²) in [5, 5.41) is 13.1. The maximum absolute atomic E-state index is 11.8. The highest BCUT2D eigenvalue weighted by Gasteiger charge is 2.41. The van der Waals surface area contributed by atoms with Crippen molar-refractivity contribution in [2.45, 2.75) is 83.3 Å². The summed E-state index contributed by atoms with van der Waals surface area (Å²) in [6, 6.07) is 1.00. The summed E-state index contributed by atoms with van der Waals surface area (Å²) in [6.07, 6.45) is 8.45. The summed E-state index contributed by atoms with van der Waals surface area (Å²) in [5.74, 6) is -0.0386. The van der Waals surface area contributed by atoms with Crippen LogP contribution in [0.15, 0.2) is 0 Å². The van der Waals surface area contributed by atoms with Crippen LogP contribution in [0.2, 0.25) is 0 Å². The molecule has 1 unspecified atom stereocenters. The molecular formula is C17H32N2O2. The number of nitrogens with one attached hydrogen (secondary N) is 1. The first-order valence-electron chi connectivity index (χ1n) is 8.66. The third-order valence-corrected chi connectivity index (χ3v) is 4.93. The van der Waals surface area contributed by atoms with Crippen LogP contribution >= 0.6 is 0 Å². The molecule has 0 radical (unpaired) electrons. The monoisotopic (exact) mass is 296 g/mol. The maximum Gasteiger partial charge on any atom is 0.324 e. The van der Waals surface area contributed by atoms with Gasteiger partial charge < -0.3 is 5.11 Å². The Hall–Kier alpha value is -0.610. The molecule has 0 heterocycles. The molecule has 0 saturated heterocycles. The van der Waals surface area contributed by atoms with E-state index in [1.807, 2.05) is 6.92 Å². The van der Waals surface area contributed by atoms with E-state index in [2.05, 4.69) is 24.1 Å². The van der Waals surface area contributed by atoms with Crippen LogP contribution in [0.3, 0.4) is 0 Å². The third-order valence-electron chi connectivity index (χ3n) is 4.93. The van der Waals surface area contributed by atoms with Crippen molar-refractivity contribution >= 4 is 5.97 Å². The van der Waals surface area contributed by atoms with Gasteiger partial charge in [-0.2, -0.15) is 0 Å². The van der Waals surface area contributed by atoms with Crippen molar-refractivity contribution in [1.29, 1.82) is 0 Å². The van der Waals surface area contributed by atoms with Crippen molar-refractivity contribution in [3.8, 4) is 0 Å². The molecule has 0 aromatic rings. The second kappa shape index (κ2) is 7.10. The summed E-state index contributed by atoms with van der Waals surface area (Å²) in [4.78, 5) is 14.2. The van der Waals surface area contributed by atoms with Crippen LogP contribution in [0.4, 0.5) is 0 Å². The van der Waals surface area contributed by atoms with Crippen LogP contribution in [0.1, 0.15) is 65.7 Å². The predicted octanol–water partition coefficient (Wildman–Crippen LogP) is 2.87. The molecule has 2 aliphatic rings. The molecule has 4 heteroatoms. The first kappa shape index (κ1) is 16.8. The quantitative estimate of drug-likeness (QED) is 0.687. The molecule has 0 spiro atoms. The van der Waals surface area contributed by atoms with E-state index in [9.17, 15) is 9.90 Å². The fourth-order valence-electron chi connectivity index (χ4n) is 3.34. The van der Waals surface area contributed by atoms with E-state index in [4.69, 9.17) is 0 Å². The molecule has 122 valence electrons. The highest BCUT2D eigenvalue weighted by molar-refractivity contribution is 5.78. The van der Waals surface area contributed by atoms with Gasteiger partial charge in [0.1, 0.15) is 5.54 Å². The second-order valence-electron chi connectivity index (χ2n) is 7.65. The molecule has 0 aliphatic heterocycles. The van der Waals surface area contributed by atoms with Gasteiger partial charge in [-0.15, -0.1) is 0 Å². The SMILES string of the molecule is CC(C)CCN(CC(C)(NC1CC1)C(=O)O)C1CCCC1. The summed E-state index contributed by atoms with van der Waals surface area (Å²) in [5.41, 5.74) is -0.805. The number of carboxylic acid groups (broad SMARTS) is 1. The number of carboxylic acids is 1. The molecule has 2 saturated carbocycles. The van der Waals surface area contributed by atoms with Gasteiger partial charge in [-0.25, -0.2) is 0 Å². The van der Waals surface area contributed by atoms with Gasteiger partial charge in [0.25, 0.3) is 0 Å². The van der Waals surface area contributed by atoms with Crippen LogP contribution in [-0.4, -0.2) is 46.7 Å². The largest absolute Gasteiger partial charge is 0.480 e. The molecule has 21 heavy (non-hydrogen) atoms. The zero-order chi connectivity index (χ0) is 15.5. The first-order valence-corrected chi connectivity index (χ1v) is 8.66. The van der Waals surface area contributed by atoms with Crippen LogP contribution < -0.4 is 5.32 Å². The lowest BCUT2D eigenvalue weighted by Crippen LogP contribution is -2.59. The number of hydrogen-bond acceptors (Lipinski definition) is 3. The van der Waals surface area contributed by atoms with Gasteiger partial charge in [0, 0.05) is 18.6 Å². The zero-order valence-electron chi connectivity index (χ0n) is 13.9. The van der Waals surface area contributed by atoms with E-state index < -0.39 is 11.5 Å². The normalized spacial score (nSPS) is 22.9. The molecule has 0 bridgehead atoms. The average molecular weight is 296 g/mol. The van der Waals surface area contributed by atoms with Crippen molar-refractivity contribution < 1.29 is 9.90 Å². The van der Waals surface area contributed by atoms with Gasteiger partial charge >= 0.3 is 5.97 Å². The topological polar surface area (TPSA) is 52.6 Å². The number of carbonyl (C=O) groups is 1. The molecule has 4 nitrogen and oxygen atoms in total. The van der Waals surface area contributed by atoms with Crippen LogP contribution in [0.5, 0.6) is 0 Å². The third kappa shape index (κ3) is 4.96. The van der Waals surface area contributed by atoms with Crippen molar-refractivity contribution in [2.24, 2.45) is 5.92 Å². The molecule has 0 aromatic heterocycles. The summed E-state index contributed by atoms with van der Waals surface area (Å²) >= 11 is 0. The average Bonchev–Trinajstić information content (AvgIpc) is 3.04. The molecule has 1 atom stereocenters. The van der Waals surface area contributed by atoms with Crippen LogP contribution in [-0.2, 0) is 4.79 Å². The lowest BCUT2D eigenvalue weighted by Gasteiger charge is -2.37. The van der Waals surface area contributed by atoms with Crippen molar-refractivity contribution in [3.63, 3.8) is 0 Å². The Morgan fingerprint density at radius 2 is 1.90 bits per heavy atom. The zero-order valence-corrected chi connectivity index (χ0v) is 13.9. The highest BCUT2D eigenvalue weighted by Crippen LogP contribution is 2.28. The minimum Gasteiger partial charge on any atom is -0.480 e. The van der Waals surface area contributed by atoms with E-state index in [0.717, 1.165) is 25.8 Å². The fraction of sp³-hybridized carbons (Fsp3) is 0.941. The Kier molecular flexibility index (Phi) is 5.67. The number of nitrogens with zero attached hydrogens (tertiary/aromatic N) is 1. The Balaban J connectivity index is 2.00. The van der Waals surface area contributed by atoms with Gasteiger partial charge in [0.15, 0.2) is 0 Å². The molecule has 2 N–H and O–H groups in total. The van der Waals surface area contributed by atoms with Crippen molar-refractivity contribution in [1.82, 2.24) is 10.2 Å². The van der Waals surface area contributed by atoms with Gasteiger partial charge in [0.2, 0.25) is 0 Å². The van der Waals surface area contributed by atoms with Crippen LogP contribution in [0.25, 0.3) is 0 Å². The molecule has 2 rings (SSSR count). The van der Waals surface area contributed by atoms with Gasteiger partial charge in [-0.05, 0) is 51.5 Å². The molecule has 0 aromatic carbocycles. The summed E-state index contributed by atoms with van der Waals surface area (Å²) in [7, 11) is 0. The summed E-state index contributed by atoms with van der Waals surface area (Å²) < 4.78 is 0. The van der Waals surface area contributed by atoms with E-state index in [1.54, 1.807) is 0 Å². The van der Waals surface area contributed by atoms with Gasteiger partial charge in [-0.3, -0.25) is 15.0 Å². The lowest BCUT2D eigenvalue weighted by atomic mass is 9.99. The Morgan fingerprint density at radius 3 is 2.38 bits per heavy atom. The Bertz CT molecular complexity index is 349. The Morgan fingerprint density at radius 1 is 1.29 bits per heavy atom. The van der Waals surface area contributed by atoms with Gasteiger partial charge in [-0.1, -0.05) is 26.7 Å². The van der Waals surface area contributed by atoms with E-state index in [-0.39, 0.29) is 0 Å². The first-order chi connectivity index (χ1) is 9.90. The highest BCUT2D eigenvalue weighted by atomic mass is 16.4. The minimum absolute atomic E-state index is 0.418. The van der Waals surface area contributed by atoms with Crippen LogP contribution in [0, 0.1) is 5.92 Å². The minimum atomic E-state index is -0.805. The second-order valence-corrected chi connectivity index (χ2v) is 7.65. The Labute approximate surface area is 129 Å². The van der Waals surface area contributed by atoms with E-state index in [0.29, 0.717) is 24.5 Å². The lowest BCUT2D eigenvalue weighted by molar-refractivity contribution is -0.145. The molecule has 0 amide bonds. The molecule has 2 aliphatic carbocycles. The standard InChI is InChI=1S/C17H32N2O2/c1-13(2)10-11-19(15-6-4-5-7-15)12-17(3,16(20)21)18-14-8-9-14/h13-15,18H,4-12H2,1-3H3,(H,20,21). The molecule has 2 fully saturated rings. The number of hydrogen-bond donors (Lipinski definition) is 2. The predicted molar refractivity (Wildman–Crippen MR) is 85.5 cm³/mol. The van der Waals surface area contributed by atoms with Gasteiger partial charge in [0.05, 0.1) is 0 Å². The number of rotatable bonds is 9. The summed E-state index contributed by atoms with van der Waals surface area (Å²) in [6.45, 7) is 8.01. The van der Waals surface area contributed by atoms with E-state index in [1.165, 1.54) is 25.7 Å². The molecular weight excluding hydrogens is 264 g/mol. The number of aliphatic carboxylic acids is 1.